The largest absolute Gasteiger partial charge is 0.466 e. The van der Waals surface area contributed by atoms with Crippen LogP contribution in [0.5, 0.6) is 0 Å². The van der Waals surface area contributed by atoms with Crippen LogP contribution in [0, 0.1) is 13.8 Å². The Morgan fingerprint density at radius 2 is 1.56 bits per heavy atom. The van der Waals surface area contributed by atoms with E-state index in [0.717, 1.165) is 11.1 Å². The molecule has 0 N–H and O–H groups in total. The van der Waals surface area contributed by atoms with Crippen LogP contribution in [0.1, 0.15) is 50.8 Å². The maximum absolute atomic E-state index is 13.2. The number of Topliss-reactive ketones (excluding diaryl/α,β-unsaturated/α-hetero) is 2. The first-order valence-electron chi connectivity index (χ1n) is 8.33. The Bertz CT molecular complexity index is 844. The van der Waals surface area contributed by atoms with E-state index >= 15 is 0 Å². The molecule has 1 aliphatic carbocycles. The summed E-state index contributed by atoms with van der Waals surface area (Å²) < 4.78 is 5.06. The number of ether oxygens (including phenoxy) is 1. The van der Waals surface area contributed by atoms with Crippen molar-refractivity contribution in [2.45, 2.75) is 32.6 Å². The second-order valence-electron chi connectivity index (χ2n) is 6.39. The van der Waals surface area contributed by atoms with Crippen molar-refractivity contribution in [1.29, 1.82) is 0 Å². The third-order valence-corrected chi connectivity index (χ3v) is 4.91. The summed E-state index contributed by atoms with van der Waals surface area (Å²) >= 11 is 0. The van der Waals surface area contributed by atoms with E-state index < -0.39 is 11.4 Å². The minimum Gasteiger partial charge on any atom is -0.466 e. The molecule has 0 radical (unpaired) electrons. The zero-order valence-corrected chi connectivity index (χ0v) is 14.6. The molecule has 0 fully saturated rings. The SMILES string of the molecule is CCOC(=O)CC1(c2ccc(C)c(C)c2)C(=O)c2ccccc2C1=O. The first-order chi connectivity index (χ1) is 11.9. The molecule has 0 saturated carbocycles. The van der Waals surface area contributed by atoms with Crippen molar-refractivity contribution in [2.75, 3.05) is 6.61 Å². The molecule has 0 aromatic heterocycles. The van der Waals surface area contributed by atoms with Crippen LogP contribution >= 0.6 is 0 Å². The van der Waals surface area contributed by atoms with E-state index in [1.165, 1.54) is 0 Å². The lowest BCUT2D eigenvalue weighted by Crippen LogP contribution is -2.41. The summed E-state index contributed by atoms with van der Waals surface area (Å²) in [5.41, 5.74) is 1.79. The number of aryl methyl sites for hydroxylation is 2. The molecule has 0 saturated heterocycles. The second-order valence-corrected chi connectivity index (χ2v) is 6.39. The van der Waals surface area contributed by atoms with Crippen LogP contribution in [-0.4, -0.2) is 24.1 Å². The lowest BCUT2D eigenvalue weighted by Gasteiger charge is -2.26. The van der Waals surface area contributed by atoms with Crippen molar-refractivity contribution >= 4 is 17.5 Å². The van der Waals surface area contributed by atoms with Crippen LogP contribution < -0.4 is 0 Å². The first-order valence-corrected chi connectivity index (χ1v) is 8.33. The highest BCUT2D eigenvalue weighted by molar-refractivity contribution is 6.34. The number of benzene rings is 2. The molecule has 0 amide bonds. The van der Waals surface area contributed by atoms with Gasteiger partial charge in [0.25, 0.3) is 0 Å². The molecule has 2 aromatic rings. The average molecular weight is 336 g/mol. The van der Waals surface area contributed by atoms with Gasteiger partial charge in [-0.1, -0.05) is 42.5 Å². The number of hydrogen-bond donors (Lipinski definition) is 0. The van der Waals surface area contributed by atoms with Gasteiger partial charge in [0, 0.05) is 11.1 Å². The molecular formula is C21H20O4. The van der Waals surface area contributed by atoms with Crippen molar-refractivity contribution in [2.24, 2.45) is 0 Å². The van der Waals surface area contributed by atoms with Gasteiger partial charge in [-0.05, 0) is 37.5 Å². The average Bonchev–Trinajstić information content (AvgIpc) is 2.81. The number of carbonyl (C=O) groups excluding carboxylic acids is 3. The molecule has 1 aliphatic rings. The van der Waals surface area contributed by atoms with Crippen molar-refractivity contribution in [3.63, 3.8) is 0 Å². The second kappa shape index (κ2) is 6.28. The molecule has 4 nitrogen and oxygen atoms in total. The highest BCUT2D eigenvalue weighted by Gasteiger charge is 2.55. The highest BCUT2D eigenvalue weighted by atomic mass is 16.5. The van der Waals surface area contributed by atoms with Gasteiger partial charge in [0.05, 0.1) is 13.0 Å². The van der Waals surface area contributed by atoms with Crippen molar-refractivity contribution in [3.8, 4) is 0 Å². The zero-order chi connectivity index (χ0) is 18.2. The standard InChI is InChI=1S/C21H20O4/c1-4-25-18(22)12-21(15-10-9-13(2)14(3)11-15)19(23)16-7-5-6-8-17(16)20(21)24/h5-11H,4,12H2,1-3H3. The zero-order valence-electron chi connectivity index (χ0n) is 14.6. The molecule has 4 heteroatoms. The van der Waals surface area contributed by atoms with Crippen molar-refractivity contribution < 1.29 is 19.1 Å². The summed E-state index contributed by atoms with van der Waals surface area (Å²) in [7, 11) is 0. The Labute approximate surface area is 146 Å². The van der Waals surface area contributed by atoms with Gasteiger partial charge in [0.1, 0.15) is 5.41 Å². The van der Waals surface area contributed by atoms with E-state index in [0.29, 0.717) is 16.7 Å². The Morgan fingerprint density at radius 3 is 2.08 bits per heavy atom. The van der Waals surface area contributed by atoms with Crippen LogP contribution in [0.2, 0.25) is 0 Å². The van der Waals surface area contributed by atoms with Crippen LogP contribution in [0.3, 0.4) is 0 Å². The normalized spacial score (nSPS) is 15.2. The number of ketones is 2. The summed E-state index contributed by atoms with van der Waals surface area (Å²) in [6, 6.07) is 12.2. The monoisotopic (exact) mass is 336 g/mol. The van der Waals surface area contributed by atoms with Crippen LogP contribution in [0.15, 0.2) is 42.5 Å². The first kappa shape index (κ1) is 17.1. The maximum atomic E-state index is 13.2. The third kappa shape index (κ3) is 2.58. The van der Waals surface area contributed by atoms with Crippen molar-refractivity contribution in [3.05, 3.63) is 70.3 Å². The Hall–Kier alpha value is -2.75. The lowest BCUT2D eigenvalue weighted by atomic mass is 9.72. The van der Waals surface area contributed by atoms with E-state index in [9.17, 15) is 14.4 Å². The molecule has 0 spiro atoms. The number of hydrogen-bond acceptors (Lipinski definition) is 4. The van der Waals surface area contributed by atoms with Crippen LogP contribution in [0.25, 0.3) is 0 Å². The quantitative estimate of drug-likeness (QED) is 0.632. The molecule has 0 bridgehead atoms. The minimum atomic E-state index is -1.53. The van der Waals surface area contributed by atoms with Gasteiger partial charge < -0.3 is 4.74 Å². The number of fused-ring (bicyclic) bond motifs is 1. The van der Waals surface area contributed by atoms with E-state index in [1.807, 2.05) is 26.0 Å². The molecule has 128 valence electrons. The van der Waals surface area contributed by atoms with E-state index in [4.69, 9.17) is 4.74 Å². The minimum absolute atomic E-state index is 0.206. The molecular weight excluding hydrogens is 316 g/mol. The fourth-order valence-corrected chi connectivity index (χ4v) is 3.40. The predicted octanol–water partition coefficient (Wildman–Crippen LogP) is 3.57. The maximum Gasteiger partial charge on any atom is 0.307 e. The van der Waals surface area contributed by atoms with E-state index in [1.54, 1.807) is 37.3 Å². The third-order valence-electron chi connectivity index (χ3n) is 4.91. The number of rotatable bonds is 4. The molecule has 25 heavy (non-hydrogen) atoms. The van der Waals surface area contributed by atoms with Gasteiger partial charge in [0.15, 0.2) is 11.6 Å². The molecule has 0 aliphatic heterocycles. The number of esters is 1. The Kier molecular flexibility index (Phi) is 4.29. The van der Waals surface area contributed by atoms with E-state index in [2.05, 4.69) is 0 Å². The van der Waals surface area contributed by atoms with Crippen LogP contribution in [-0.2, 0) is 14.9 Å². The summed E-state index contributed by atoms with van der Waals surface area (Å²) in [6.07, 6.45) is -0.282. The number of carbonyl (C=O) groups is 3. The molecule has 0 unspecified atom stereocenters. The van der Waals surface area contributed by atoms with Gasteiger partial charge in [-0.15, -0.1) is 0 Å². The van der Waals surface area contributed by atoms with Gasteiger partial charge in [0.2, 0.25) is 0 Å². The summed E-state index contributed by atoms with van der Waals surface area (Å²) in [5.74, 6) is -1.20. The molecule has 0 heterocycles. The Morgan fingerprint density at radius 1 is 0.960 bits per heavy atom. The topological polar surface area (TPSA) is 60.4 Å². The predicted molar refractivity (Wildman–Crippen MR) is 93.9 cm³/mol. The fraction of sp³-hybridized carbons (Fsp3) is 0.286. The highest BCUT2D eigenvalue weighted by Crippen LogP contribution is 2.43. The summed E-state index contributed by atoms with van der Waals surface area (Å²) in [4.78, 5) is 38.7. The Balaban J connectivity index is 2.21. The van der Waals surface area contributed by atoms with Gasteiger partial charge in [-0.2, -0.15) is 0 Å². The summed E-state index contributed by atoms with van der Waals surface area (Å²) in [5, 5.41) is 0. The van der Waals surface area contributed by atoms with Gasteiger partial charge >= 0.3 is 5.97 Å². The molecule has 0 atom stereocenters. The smallest absolute Gasteiger partial charge is 0.307 e. The lowest BCUT2D eigenvalue weighted by molar-refractivity contribution is -0.143. The van der Waals surface area contributed by atoms with Crippen LogP contribution in [0.4, 0.5) is 0 Å². The fourth-order valence-electron chi connectivity index (χ4n) is 3.40. The van der Waals surface area contributed by atoms with Gasteiger partial charge in [-0.3, -0.25) is 14.4 Å². The summed E-state index contributed by atoms with van der Waals surface area (Å²) in [6.45, 7) is 5.79. The molecule has 3 rings (SSSR count). The van der Waals surface area contributed by atoms with E-state index in [-0.39, 0.29) is 24.6 Å². The molecule has 2 aromatic carbocycles. The van der Waals surface area contributed by atoms with Gasteiger partial charge in [-0.25, -0.2) is 0 Å². The van der Waals surface area contributed by atoms with Crippen molar-refractivity contribution in [1.82, 2.24) is 0 Å².